The zero-order valence-corrected chi connectivity index (χ0v) is 10.6. The standard InChI is InChI=1S/C14H14N2O3/c1-3-8-19-13-9-10(4-6-12(13)18-2)11-5-7-14(17)16-15-11/h3-7,9H,1,8H2,2H3,(H,16,17). The van der Waals surface area contributed by atoms with E-state index in [4.69, 9.17) is 9.47 Å². The number of benzene rings is 1. The lowest BCUT2D eigenvalue weighted by Gasteiger charge is -2.10. The van der Waals surface area contributed by atoms with Crippen LogP contribution in [0.5, 0.6) is 11.5 Å². The normalized spacial score (nSPS) is 9.95. The van der Waals surface area contributed by atoms with E-state index in [1.165, 1.54) is 6.07 Å². The summed E-state index contributed by atoms with van der Waals surface area (Å²) in [4.78, 5) is 11.0. The highest BCUT2D eigenvalue weighted by atomic mass is 16.5. The summed E-state index contributed by atoms with van der Waals surface area (Å²) < 4.78 is 10.7. The van der Waals surface area contributed by atoms with E-state index in [2.05, 4.69) is 16.8 Å². The summed E-state index contributed by atoms with van der Waals surface area (Å²) >= 11 is 0. The van der Waals surface area contributed by atoms with Crippen molar-refractivity contribution in [3.8, 4) is 22.8 Å². The van der Waals surface area contributed by atoms with Crippen LogP contribution in [0.1, 0.15) is 0 Å². The fourth-order valence-electron chi connectivity index (χ4n) is 1.60. The Morgan fingerprint density at radius 2 is 2.16 bits per heavy atom. The molecule has 1 heterocycles. The van der Waals surface area contributed by atoms with Gasteiger partial charge in [-0.1, -0.05) is 12.7 Å². The molecule has 0 saturated carbocycles. The van der Waals surface area contributed by atoms with Crippen molar-refractivity contribution in [1.29, 1.82) is 0 Å². The van der Waals surface area contributed by atoms with Gasteiger partial charge in [0.25, 0.3) is 5.56 Å². The van der Waals surface area contributed by atoms with Gasteiger partial charge in [-0.2, -0.15) is 5.10 Å². The molecule has 0 saturated heterocycles. The smallest absolute Gasteiger partial charge is 0.264 e. The van der Waals surface area contributed by atoms with Crippen molar-refractivity contribution in [2.24, 2.45) is 0 Å². The van der Waals surface area contributed by atoms with Gasteiger partial charge >= 0.3 is 0 Å². The highest BCUT2D eigenvalue weighted by Gasteiger charge is 2.07. The van der Waals surface area contributed by atoms with Crippen LogP contribution in [0.3, 0.4) is 0 Å². The first kappa shape index (κ1) is 12.9. The molecule has 1 aromatic carbocycles. The van der Waals surface area contributed by atoms with Crippen molar-refractivity contribution >= 4 is 0 Å². The van der Waals surface area contributed by atoms with E-state index in [0.717, 1.165) is 5.56 Å². The van der Waals surface area contributed by atoms with Crippen molar-refractivity contribution in [3.05, 3.63) is 53.3 Å². The maximum absolute atomic E-state index is 11.0. The van der Waals surface area contributed by atoms with E-state index in [1.54, 1.807) is 25.3 Å². The maximum Gasteiger partial charge on any atom is 0.264 e. The topological polar surface area (TPSA) is 64.2 Å². The van der Waals surface area contributed by atoms with Gasteiger partial charge in [0.15, 0.2) is 11.5 Å². The average molecular weight is 258 g/mol. The SMILES string of the molecule is C=CCOc1cc(-c2ccc(=O)[nH]n2)ccc1OC. The number of nitrogens with zero attached hydrogens (tertiary/aromatic N) is 1. The molecule has 1 N–H and O–H groups in total. The molecule has 5 nitrogen and oxygen atoms in total. The second-order valence-corrected chi connectivity index (χ2v) is 3.77. The Kier molecular flexibility index (Phi) is 3.97. The lowest BCUT2D eigenvalue weighted by atomic mass is 10.1. The van der Waals surface area contributed by atoms with Gasteiger partial charge in [-0.05, 0) is 24.3 Å². The third-order valence-electron chi connectivity index (χ3n) is 2.50. The molecule has 0 bridgehead atoms. The van der Waals surface area contributed by atoms with E-state index >= 15 is 0 Å². The Morgan fingerprint density at radius 3 is 2.79 bits per heavy atom. The monoisotopic (exact) mass is 258 g/mol. The first-order chi connectivity index (χ1) is 9.24. The van der Waals surface area contributed by atoms with Crippen LogP contribution < -0.4 is 15.0 Å². The molecule has 5 heteroatoms. The Hall–Kier alpha value is -2.56. The van der Waals surface area contributed by atoms with Crippen LogP contribution >= 0.6 is 0 Å². The van der Waals surface area contributed by atoms with E-state index < -0.39 is 0 Å². The predicted molar refractivity (Wildman–Crippen MR) is 72.5 cm³/mol. The number of ether oxygens (including phenoxy) is 2. The zero-order valence-electron chi connectivity index (χ0n) is 10.6. The number of aromatic nitrogens is 2. The summed E-state index contributed by atoms with van der Waals surface area (Å²) in [6, 6.07) is 8.53. The van der Waals surface area contributed by atoms with Crippen molar-refractivity contribution in [3.63, 3.8) is 0 Å². The van der Waals surface area contributed by atoms with Crippen molar-refractivity contribution in [2.45, 2.75) is 0 Å². The molecular weight excluding hydrogens is 244 g/mol. The summed E-state index contributed by atoms with van der Waals surface area (Å²) in [5, 5.41) is 6.37. The summed E-state index contributed by atoms with van der Waals surface area (Å²) in [6.07, 6.45) is 1.66. The number of nitrogens with one attached hydrogen (secondary N) is 1. The molecule has 0 aliphatic rings. The summed E-state index contributed by atoms with van der Waals surface area (Å²) in [7, 11) is 1.58. The lowest BCUT2D eigenvalue weighted by molar-refractivity contribution is 0.326. The lowest BCUT2D eigenvalue weighted by Crippen LogP contribution is -2.05. The largest absolute Gasteiger partial charge is 0.493 e. The van der Waals surface area contributed by atoms with Crippen molar-refractivity contribution in [2.75, 3.05) is 13.7 Å². The zero-order chi connectivity index (χ0) is 13.7. The second kappa shape index (κ2) is 5.86. The average Bonchev–Trinajstić information content (AvgIpc) is 2.45. The van der Waals surface area contributed by atoms with Gasteiger partial charge in [-0.3, -0.25) is 4.79 Å². The van der Waals surface area contributed by atoms with Crippen LogP contribution in [-0.4, -0.2) is 23.9 Å². The Labute approximate surface area is 110 Å². The molecule has 0 radical (unpaired) electrons. The molecule has 0 atom stereocenters. The molecule has 19 heavy (non-hydrogen) atoms. The van der Waals surface area contributed by atoms with Gasteiger partial charge in [-0.15, -0.1) is 0 Å². The first-order valence-corrected chi connectivity index (χ1v) is 5.72. The number of rotatable bonds is 5. The molecule has 0 aliphatic carbocycles. The molecule has 0 unspecified atom stereocenters. The Morgan fingerprint density at radius 1 is 1.32 bits per heavy atom. The Bertz CT molecular complexity index is 614. The number of hydrogen-bond acceptors (Lipinski definition) is 4. The minimum absolute atomic E-state index is 0.236. The third-order valence-corrected chi connectivity index (χ3v) is 2.50. The minimum atomic E-state index is -0.236. The molecule has 0 aliphatic heterocycles. The van der Waals surface area contributed by atoms with E-state index in [1.807, 2.05) is 12.1 Å². The van der Waals surface area contributed by atoms with E-state index in [0.29, 0.717) is 23.8 Å². The summed E-state index contributed by atoms with van der Waals surface area (Å²) in [5.41, 5.74) is 1.25. The fraction of sp³-hybridized carbons (Fsp3) is 0.143. The Balaban J connectivity index is 2.38. The molecular formula is C14H14N2O3. The molecule has 2 rings (SSSR count). The molecule has 0 amide bonds. The summed E-state index contributed by atoms with van der Waals surface area (Å²) in [6.45, 7) is 3.99. The molecule has 0 fully saturated rings. The number of hydrogen-bond donors (Lipinski definition) is 1. The van der Waals surface area contributed by atoms with Gasteiger partial charge in [0, 0.05) is 11.6 Å². The quantitative estimate of drug-likeness (QED) is 0.833. The van der Waals surface area contributed by atoms with Crippen LogP contribution in [-0.2, 0) is 0 Å². The maximum atomic E-state index is 11.0. The van der Waals surface area contributed by atoms with Crippen LogP contribution in [0.15, 0.2) is 47.8 Å². The summed E-state index contributed by atoms with van der Waals surface area (Å²) in [5.74, 6) is 1.24. The first-order valence-electron chi connectivity index (χ1n) is 5.72. The molecule has 0 spiro atoms. The molecule has 2 aromatic rings. The van der Waals surface area contributed by atoms with Crippen LogP contribution in [0.25, 0.3) is 11.3 Å². The van der Waals surface area contributed by atoms with Crippen molar-refractivity contribution in [1.82, 2.24) is 10.2 Å². The van der Waals surface area contributed by atoms with E-state index in [-0.39, 0.29) is 5.56 Å². The van der Waals surface area contributed by atoms with Crippen LogP contribution in [0.4, 0.5) is 0 Å². The fourth-order valence-corrected chi connectivity index (χ4v) is 1.60. The van der Waals surface area contributed by atoms with Gasteiger partial charge in [0.1, 0.15) is 6.61 Å². The van der Waals surface area contributed by atoms with Gasteiger partial charge in [0.05, 0.1) is 12.8 Å². The highest BCUT2D eigenvalue weighted by Crippen LogP contribution is 2.31. The van der Waals surface area contributed by atoms with Gasteiger partial charge in [-0.25, -0.2) is 5.10 Å². The number of methoxy groups -OCH3 is 1. The van der Waals surface area contributed by atoms with E-state index in [9.17, 15) is 4.79 Å². The highest BCUT2D eigenvalue weighted by molar-refractivity contribution is 5.63. The minimum Gasteiger partial charge on any atom is -0.493 e. The van der Waals surface area contributed by atoms with Crippen LogP contribution in [0.2, 0.25) is 0 Å². The van der Waals surface area contributed by atoms with Crippen LogP contribution in [0, 0.1) is 0 Å². The predicted octanol–water partition coefficient (Wildman–Crippen LogP) is 2.01. The third kappa shape index (κ3) is 3.01. The molecule has 98 valence electrons. The van der Waals surface area contributed by atoms with Gasteiger partial charge in [0.2, 0.25) is 0 Å². The van der Waals surface area contributed by atoms with Crippen molar-refractivity contribution < 1.29 is 9.47 Å². The molecule has 1 aromatic heterocycles. The van der Waals surface area contributed by atoms with Gasteiger partial charge < -0.3 is 9.47 Å². The second-order valence-electron chi connectivity index (χ2n) is 3.77. The number of H-pyrrole nitrogens is 1. The number of aromatic amines is 1.